The first kappa shape index (κ1) is 12.8. The highest BCUT2D eigenvalue weighted by molar-refractivity contribution is 5.97. The molecule has 0 radical (unpaired) electrons. The fraction of sp³-hybridized carbons (Fsp3) is 0.0556. The van der Waals surface area contributed by atoms with Gasteiger partial charge in [-0.1, -0.05) is 36.4 Å². The van der Waals surface area contributed by atoms with E-state index >= 15 is 0 Å². The summed E-state index contributed by atoms with van der Waals surface area (Å²) >= 11 is 0. The van der Waals surface area contributed by atoms with Gasteiger partial charge in [0, 0.05) is 24.1 Å². The number of hydrogen-bond acceptors (Lipinski definition) is 2. The number of anilines is 1. The van der Waals surface area contributed by atoms with Crippen LogP contribution in [0.25, 0.3) is 32.9 Å². The SMILES string of the molecule is Cn1nc(-c2ccc3ccccc3c2)c2cc(N)c(F)cc21. The third kappa shape index (κ3) is 1.84. The summed E-state index contributed by atoms with van der Waals surface area (Å²) in [6.07, 6.45) is 0. The Labute approximate surface area is 126 Å². The summed E-state index contributed by atoms with van der Waals surface area (Å²) < 4.78 is 15.4. The molecule has 3 aromatic carbocycles. The standard InChI is InChI=1S/C18H14FN3/c1-22-17-10-15(19)16(20)9-14(17)18(21-22)13-7-6-11-4-2-3-5-12(11)8-13/h2-10H,20H2,1H3. The van der Waals surface area contributed by atoms with Gasteiger partial charge in [0.1, 0.15) is 11.5 Å². The number of aryl methyl sites for hydroxylation is 1. The fourth-order valence-corrected chi connectivity index (χ4v) is 2.84. The molecule has 0 saturated carbocycles. The Balaban J connectivity index is 2.01. The molecule has 0 amide bonds. The number of fused-ring (bicyclic) bond motifs is 2. The lowest BCUT2D eigenvalue weighted by Gasteiger charge is -2.02. The Kier molecular flexibility index (Phi) is 2.66. The molecule has 22 heavy (non-hydrogen) atoms. The number of benzene rings is 3. The van der Waals surface area contributed by atoms with Crippen LogP contribution in [-0.4, -0.2) is 9.78 Å². The van der Waals surface area contributed by atoms with Crippen molar-refractivity contribution in [3.05, 3.63) is 60.4 Å². The van der Waals surface area contributed by atoms with Crippen LogP contribution >= 0.6 is 0 Å². The van der Waals surface area contributed by atoms with E-state index in [1.54, 1.807) is 10.7 Å². The van der Waals surface area contributed by atoms with Crippen molar-refractivity contribution < 1.29 is 4.39 Å². The van der Waals surface area contributed by atoms with Crippen molar-refractivity contribution in [1.29, 1.82) is 0 Å². The topological polar surface area (TPSA) is 43.8 Å². The van der Waals surface area contributed by atoms with Gasteiger partial charge < -0.3 is 5.73 Å². The average Bonchev–Trinajstić information content (AvgIpc) is 2.84. The van der Waals surface area contributed by atoms with E-state index < -0.39 is 5.82 Å². The Bertz CT molecular complexity index is 1020. The summed E-state index contributed by atoms with van der Waals surface area (Å²) in [7, 11) is 1.81. The second kappa shape index (κ2) is 4.56. The second-order valence-corrected chi connectivity index (χ2v) is 5.43. The van der Waals surface area contributed by atoms with E-state index in [2.05, 4.69) is 29.4 Å². The van der Waals surface area contributed by atoms with Gasteiger partial charge in [0.05, 0.1) is 11.2 Å². The molecule has 4 rings (SSSR count). The highest BCUT2D eigenvalue weighted by Crippen LogP contribution is 2.32. The minimum Gasteiger partial charge on any atom is -0.396 e. The summed E-state index contributed by atoms with van der Waals surface area (Å²) in [4.78, 5) is 0. The molecule has 1 heterocycles. The third-order valence-corrected chi connectivity index (χ3v) is 3.99. The molecule has 0 aliphatic carbocycles. The highest BCUT2D eigenvalue weighted by atomic mass is 19.1. The van der Waals surface area contributed by atoms with Crippen molar-refractivity contribution in [3.63, 3.8) is 0 Å². The summed E-state index contributed by atoms with van der Waals surface area (Å²) in [6, 6.07) is 17.4. The number of rotatable bonds is 1. The Morgan fingerprint density at radius 3 is 2.59 bits per heavy atom. The van der Waals surface area contributed by atoms with Gasteiger partial charge in [-0.2, -0.15) is 5.10 Å². The molecule has 0 aliphatic rings. The Morgan fingerprint density at radius 2 is 1.77 bits per heavy atom. The van der Waals surface area contributed by atoms with Crippen molar-refractivity contribution in [2.45, 2.75) is 0 Å². The maximum atomic E-state index is 13.7. The lowest BCUT2D eigenvalue weighted by atomic mass is 10.0. The van der Waals surface area contributed by atoms with Crippen molar-refractivity contribution in [2.24, 2.45) is 7.05 Å². The van der Waals surface area contributed by atoms with Crippen LogP contribution in [-0.2, 0) is 7.05 Å². The smallest absolute Gasteiger partial charge is 0.148 e. The molecule has 3 nitrogen and oxygen atoms in total. The minimum absolute atomic E-state index is 0.141. The number of hydrogen-bond donors (Lipinski definition) is 1. The number of halogens is 1. The van der Waals surface area contributed by atoms with Gasteiger partial charge in [-0.15, -0.1) is 0 Å². The number of aromatic nitrogens is 2. The highest BCUT2D eigenvalue weighted by Gasteiger charge is 2.13. The molecule has 0 spiro atoms. The largest absolute Gasteiger partial charge is 0.396 e. The van der Waals surface area contributed by atoms with Crippen LogP contribution in [0.4, 0.5) is 10.1 Å². The van der Waals surface area contributed by atoms with E-state index in [9.17, 15) is 4.39 Å². The Hall–Kier alpha value is -2.88. The summed E-state index contributed by atoms with van der Waals surface area (Å²) in [6.45, 7) is 0. The zero-order valence-corrected chi connectivity index (χ0v) is 12.0. The summed E-state index contributed by atoms with van der Waals surface area (Å²) in [5, 5.41) is 7.73. The average molecular weight is 291 g/mol. The monoisotopic (exact) mass is 291 g/mol. The number of nitrogens with two attached hydrogens (primary N) is 1. The molecule has 0 unspecified atom stereocenters. The predicted octanol–water partition coefficient (Wildman–Crippen LogP) is 4.11. The van der Waals surface area contributed by atoms with Gasteiger partial charge in [-0.3, -0.25) is 4.68 Å². The first-order valence-corrected chi connectivity index (χ1v) is 7.04. The van der Waals surface area contributed by atoms with Gasteiger partial charge in [0.2, 0.25) is 0 Å². The lowest BCUT2D eigenvalue weighted by Crippen LogP contribution is -1.92. The minimum atomic E-state index is -0.416. The van der Waals surface area contributed by atoms with Gasteiger partial charge in [-0.25, -0.2) is 4.39 Å². The maximum absolute atomic E-state index is 13.7. The number of nitrogens with zero attached hydrogens (tertiary/aromatic N) is 2. The van der Waals surface area contributed by atoms with Gasteiger partial charge >= 0.3 is 0 Å². The Morgan fingerprint density at radius 1 is 1.00 bits per heavy atom. The molecule has 4 heteroatoms. The van der Waals surface area contributed by atoms with Crippen LogP contribution in [0.15, 0.2) is 54.6 Å². The van der Waals surface area contributed by atoms with Crippen molar-refractivity contribution in [2.75, 3.05) is 5.73 Å². The van der Waals surface area contributed by atoms with Crippen LogP contribution in [0.1, 0.15) is 0 Å². The van der Waals surface area contributed by atoms with Crippen LogP contribution in [0.3, 0.4) is 0 Å². The third-order valence-electron chi connectivity index (χ3n) is 3.99. The first-order valence-electron chi connectivity index (χ1n) is 7.04. The van der Waals surface area contributed by atoms with Gasteiger partial charge in [-0.05, 0) is 22.9 Å². The van der Waals surface area contributed by atoms with Crippen LogP contribution in [0.2, 0.25) is 0 Å². The first-order chi connectivity index (χ1) is 10.6. The van der Waals surface area contributed by atoms with Crippen LogP contribution < -0.4 is 5.73 Å². The van der Waals surface area contributed by atoms with E-state index in [-0.39, 0.29) is 5.69 Å². The fourth-order valence-electron chi connectivity index (χ4n) is 2.84. The van der Waals surface area contributed by atoms with Crippen LogP contribution in [0.5, 0.6) is 0 Å². The summed E-state index contributed by atoms with van der Waals surface area (Å²) in [5.41, 5.74) is 8.40. The molecule has 0 saturated heterocycles. The molecule has 0 atom stereocenters. The molecule has 2 N–H and O–H groups in total. The molecule has 1 aromatic heterocycles. The van der Waals surface area contributed by atoms with Crippen molar-refractivity contribution in [1.82, 2.24) is 9.78 Å². The van der Waals surface area contributed by atoms with Crippen molar-refractivity contribution in [3.8, 4) is 11.3 Å². The molecular formula is C18H14FN3. The van der Waals surface area contributed by atoms with E-state index in [1.807, 2.05) is 25.2 Å². The van der Waals surface area contributed by atoms with E-state index in [4.69, 9.17) is 5.73 Å². The zero-order chi connectivity index (χ0) is 15.3. The van der Waals surface area contributed by atoms with E-state index in [0.29, 0.717) is 0 Å². The molecular weight excluding hydrogens is 277 g/mol. The zero-order valence-electron chi connectivity index (χ0n) is 12.0. The normalized spacial score (nSPS) is 11.4. The van der Waals surface area contributed by atoms with E-state index in [0.717, 1.165) is 27.5 Å². The second-order valence-electron chi connectivity index (χ2n) is 5.43. The molecule has 4 aromatic rings. The van der Waals surface area contributed by atoms with Gasteiger partial charge in [0.15, 0.2) is 0 Å². The maximum Gasteiger partial charge on any atom is 0.148 e. The summed E-state index contributed by atoms with van der Waals surface area (Å²) in [5.74, 6) is -0.416. The van der Waals surface area contributed by atoms with Crippen LogP contribution in [0, 0.1) is 5.82 Å². The predicted molar refractivity (Wildman–Crippen MR) is 88.0 cm³/mol. The molecule has 0 bridgehead atoms. The molecule has 0 fully saturated rings. The van der Waals surface area contributed by atoms with E-state index in [1.165, 1.54) is 11.5 Å². The molecule has 0 aliphatic heterocycles. The van der Waals surface area contributed by atoms with Gasteiger partial charge in [0.25, 0.3) is 0 Å². The molecule has 108 valence electrons. The quantitative estimate of drug-likeness (QED) is 0.536. The van der Waals surface area contributed by atoms with Crippen molar-refractivity contribution >= 4 is 27.4 Å². The lowest BCUT2D eigenvalue weighted by molar-refractivity contribution is 0.632. The number of nitrogen functional groups attached to an aromatic ring is 1.